The Kier molecular flexibility index (Phi) is 2.36. The maximum atomic E-state index is 9.64. The lowest BCUT2D eigenvalue weighted by Gasteiger charge is -2.29. The number of ether oxygens (including phenoxy) is 2. The first-order valence-electron chi connectivity index (χ1n) is 4.50. The molecule has 2 rings (SSSR count). The molecule has 1 heterocycles. The Labute approximate surface area is 87.1 Å². The van der Waals surface area contributed by atoms with E-state index in [4.69, 9.17) is 21.1 Å². The van der Waals surface area contributed by atoms with E-state index >= 15 is 0 Å². The van der Waals surface area contributed by atoms with Gasteiger partial charge in [0.2, 0.25) is 0 Å². The second-order valence-corrected chi connectivity index (χ2v) is 4.49. The summed E-state index contributed by atoms with van der Waals surface area (Å²) in [5.74, 6) is -0.769. The lowest BCUT2D eigenvalue weighted by molar-refractivity contribution is -0.158. The van der Waals surface area contributed by atoms with Crippen LogP contribution in [0.15, 0.2) is 11.1 Å². The second-order valence-electron chi connectivity index (χ2n) is 4.05. The van der Waals surface area contributed by atoms with Gasteiger partial charge in [-0.05, 0) is 19.9 Å². The van der Waals surface area contributed by atoms with Gasteiger partial charge in [0.15, 0.2) is 5.79 Å². The molecule has 4 atom stereocenters. The third-order valence-electron chi connectivity index (χ3n) is 2.42. The molecule has 1 saturated heterocycles. The third kappa shape index (κ3) is 1.57. The average molecular weight is 221 g/mol. The zero-order valence-electron chi connectivity index (χ0n) is 7.98. The lowest BCUT2D eigenvalue weighted by Crippen LogP contribution is -2.46. The summed E-state index contributed by atoms with van der Waals surface area (Å²) in [6.07, 6.45) is -1.63. The molecule has 0 aromatic rings. The van der Waals surface area contributed by atoms with E-state index in [9.17, 15) is 10.2 Å². The average Bonchev–Trinajstić information content (AvgIpc) is 2.38. The van der Waals surface area contributed by atoms with Gasteiger partial charge in [-0.1, -0.05) is 11.6 Å². The minimum atomic E-state index is -0.985. The largest absolute Gasteiger partial charge is 0.387 e. The first kappa shape index (κ1) is 10.4. The smallest absolute Gasteiger partial charge is 0.164 e. The summed E-state index contributed by atoms with van der Waals surface area (Å²) in [6, 6.07) is 0. The molecule has 0 unspecified atom stereocenters. The Bertz CT molecular complexity index is 276. The molecular weight excluding hydrogens is 208 g/mol. The molecule has 1 aliphatic carbocycles. The molecule has 1 fully saturated rings. The zero-order chi connectivity index (χ0) is 10.5. The summed E-state index contributed by atoms with van der Waals surface area (Å²) in [5, 5.41) is 19.4. The van der Waals surface area contributed by atoms with Gasteiger partial charge in [0.25, 0.3) is 0 Å². The molecule has 80 valence electrons. The van der Waals surface area contributed by atoms with Crippen molar-refractivity contribution < 1.29 is 19.7 Å². The van der Waals surface area contributed by atoms with Crippen LogP contribution in [0.4, 0.5) is 0 Å². The monoisotopic (exact) mass is 220 g/mol. The zero-order valence-corrected chi connectivity index (χ0v) is 8.73. The number of aliphatic hydroxyl groups is 2. The van der Waals surface area contributed by atoms with Crippen LogP contribution in [-0.4, -0.2) is 40.4 Å². The maximum absolute atomic E-state index is 9.64. The molecule has 0 spiro atoms. The fourth-order valence-corrected chi connectivity index (χ4v) is 2.10. The van der Waals surface area contributed by atoms with Crippen molar-refractivity contribution in [2.75, 3.05) is 0 Å². The number of hydrogen-bond acceptors (Lipinski definition) is 4. The standard InChI is InChI=1S/C9H13ClO4/c1-9(2)13-7-4(10)3-5(11)6(12)8(7)14-9/h3,5-8,11-12H,1-2H3/t5-,6-,7-,8+/m1/s1. The van der Waals surface area contributed by atoms with Crippen LogP contribution in [0, 0.1) is 0 Å². The Morgan fingerprint density at radius 2 is 2.00 bits per heavy atom. The Hall–Kier alpha value is -0.130. The summed E-state index contributed by atoms with van der Waals surface area (Å²) in [7, 11) is 0. The molecule has 4 nitrogen and oxygen atoms in total. The molecule has 0 amide bonds. The fraction of sp³-hybridized carbons (Fsp3) is 0.778. The number of hydrogen-bond donors (Lipinski definition) is 2. The molecule has 0 bridgehead atoms. The maximum Gasteiger partial charge on any atom is 0.164 e. The number of fused-ring (bicyclic) bond motifs is 1. The van der Waals surface area contributed by atoms with Crippen molar-refractivity contribution in [2.45, 2.75) is 44.1 Å². The molecule has 1 aliphatic heterocycles. The topological polar surface area (TPSA) is 58.9 Å². The van der Waals surface area contributed by atoms with Crippen molar-refractivity contribution in [1.29, 1.82) is 0 Å². The van der Waals surface area contributed by atoms with Crippen LogP contribution in [0.3, 0.4) is 0 Å². The number of halogens is 1. The molecule has 2 N–H and O–H groups in total. The van der Waals surface area contributed by atoms with Crippen LogP contribution < -0.4 is 0 Å². The van der Waals surface area contributed by atoms with E-state index < -0.39 is 30.2 Å². The molecule has 2 aliphatic rings. The van der Waals surface area contributed by atoms with Crippen molar-refractivity contribution in [3.63, 3.8) is 0 Å². The summed E-state index contributed by atoms with van der Waals surface area (Å²) < 4.78 is 10.9. The quantitative estimate of drug-likeness (QED) is 0.619. The van der Waals surface area contributed by atoms with Gasteiger partial charge in [-0.15, -0.1) is 0 Å². The first-order valence-corrected chi connectivity index (χ1v) is 4.87. The first-order chi connectivity index (χ1) is 6.41. The summed E-state index contributed by atoms with van der Waals surface area (Å²) in [6.45, 7) is 3.49. The van der Waals surface area contributed by atoms with Crippen LogP contribution in [-0.2, 0) is 9.47 Å². The van der Waals surface area contributed by atoms with Gasteiger partial charge in [0, 0.05) is 5.03 Å². The predicted octanol–water partition coefficient (Wildman–Crippen LogP) is 0.365. The third-order valence-corrected chi connectivity index (χ3v) is 2.76. The van der Waals surface area contributed by atoms with E-state index in [1.165, 1.54) is 6.08 Å². The van der Waals surface area contributed by atoms with E-state index in [1.807, 2.05) is 0 Å². The van der Waals surface area contributed by atoms with Crippen molar-refractivity contribution in [2.24, 2.45) is 0 Å². The van der Waals surface area contributed by atoms with Crippen molar-refractivity contribution in [1.82, 2.24) is 0 Å². The minimum absolute atomic E-state index is 0.387. The van der Waals surface area contributed by atoms with E-state index in [-0.39, 0.29) is 0 Å². The molecule has 0 aromatic carbocycles. The van der Waals surface area contributed by atoms with E-state index in [0.717, 1.165) is 0 Å². The predicted molar refractivity (Wildman–Crippen MR) is 49.8 cm³/mol. The summed E-state index contributed by atoms with van der Waals surface area (Å²) in [4.78, 5) is 0. The van der Waals surface area contributed by atoms with Crippen LogP contribution in [0.1, 0.15) is 13.8 Å². The Balaban J connectivity index is 2.27. The lowest BCUT2D eigenvalue weighted by atomic mass is 9.96. The van der Waals surface area contributed by atoms with Gasteiger partial charge in [-0.25, -0.2) is 0 Å². The Morgan fingerprint density at radius 3 is 2.64 bits per heavy atom. The van der Waals surface area contributed by atoms with Gasteiger partial charge in [0.1, 0.15) is 24.4 Å². The van der Waals surface area contributed by atoms with Crippen molar-refractivity contribution >= 4 is 11.6 Å². The van der Waals surface area contributed by atoms with Crippen molar-refractivity contribution in [3.05, 3.63) is 11.1 Å². The minimum Gasteiger partial charge on any atom is -0.387 e. The SMILES string of the molecule is CC1(C)O[C@H]2[C@H](O)[C@H](O)C=C(Cl)[C@H]2O1. The van der Waals surface area contributed by atoms with Gasteiger partial charge in [-0.3, -0.25) is 0 Å². The van der Waals surface area contributed by atoms with Gasteiger partial charge in [0.05, 0.1) is 0 Å². The fourth-order valence-electron chi connectivity index (χ4n) is 1.80. The van der Waals surface area contributed by atoms with E-state index in [1.54, 1.807) is 13.8 Å². The molecular formula is C9H13ClO4. The van der Waals surface area contributed by atoms with E-state index in [0.29, 0.717) is 5.03 Å². The highest BCUT2D eigenvalue weighted by molar-refractivity contribution is 6.30. The molecule has 5 heteroatoms. The summed E-state index contributed by atoms with van der Waals surface area (Å²) in [5.41, 5.74) is 0. The van der Waals surface area contributed by atoms with Gasteiger partial charge in [-0.2, -0.15) is 0 Å². The number of rotatable bonds is 0. The van der Waals surface area contributed by atoms with Gasteiger partial charge >= 0.3 is 0 Å². The van der Waals surface area contributed by atoms with Crippen LogP contribution in [0.5, 0.6) is 0 Å². The van der Waals surface area contributed by atoms with Crippen LogP contribution in [0.25, 0.3) is 0 Å². The highest BCUT2D eigenvalue weighted by Crippen LogP contribution is 2.38. The molecule has 14 heavy (non-hydrogen) atoms. The van der Waals surface area contributed by atoms with E-state index in [2.05, 4.69) is 0 Å². The van der Waals surface area contributed by atoms with Crippen LogP contribution >= 0.6 is 11.6 Å². The number of aliphatic hydroxyl groups excluding tert-OH is 2. The second kappa shape index (κ2) is 3.18. The van der Waals surface area contributed by atoms with Crippen LogP contribution in [0.2, 0.25) is 0 Å². The normalized spacial score (nSPS) is 45.9. The van der Waals surface area contributed by atoms with Gasteiger partial charge < -0.3 is 19.7 Å². The molecule has 0 saturated carbocycles. The Morgan fingerprint density at radius 1 is 1.36 bits per heavy atom. The highest BCUT2D eigenvalue weighted by atomic mass is 35.5. The van der Waals surface area contributed by atoms with Crippen molar-refractivity contribution in [3.8, 4) is 0 Å². The highest BCUT2D eigenvalue weighted by Gasteiger charge is 2.50. The summed E-state index contributed by atoms with van der Waals surface area (Å²) >= 11 is 5.89. The molecule has 0 radical (unpaired) electrons. The molecule has 0 aromatic heterocycles.